The molecule has 3 rings (SSSR count). The van der Waals surface area contributed by atoms with Gasteiger partial charge in [0, 0.05) is 44.6 Å². The summed E-state index contributed by atoms with van der Waals surface area (Å²) in [6, 6.07) is 10.6. The van der Waals surface area contributed by atoms with E-state index in [0.29, 0.717) is 12.1 Å². The maximum Gasteiger partial charge on any atom is 0.252 e. The molecule has 1 aromatic heterocycles. The van der Waals surface area contributed by atoms with E-state index in [0.717, 1.165) is 44.8 Å². The smallest absolute Gasteiger partial charge is 0.252 e. The Morgan fingerprint density at radius 1 is 1.07 bits per heavy atom. The van der Waals surface area contributed by atoms with E-state index in [2.05, 4.69) is 56.2 Å². The highest BCUT2D eigenvalue weighted by Crippen LogP contribution is 2.21. The van der Waals surface area contributed by atoms with Crippen LogP contribution < -0.4 is 15.1 Å². The molecule has 0 aliphatic carbocycles. The third kappa shape index (κ3) is 5.45. The summed E-state index contributed by atoms with van der Waals surface area (Å²) >= 11 is 0. The summed E-state index contributed by atoms with van der Waals surface area (Å²) in [4.78, 5) is 23.5. The van der Waals surface area contributed by atoms with Crippen molar-refractivity contribution < 1.29 is 4.79 Å². The van der Waals surface area contributed by atoms with E-state index in [-0.39, 0.29) is 5.91 Å². The Balaban J connectivity index is 1.55. The SMILES string of the molecule is Cc1cccc(N2CCN(c3cncc(C(=O)NCCCN(C)C)c3)CC2)c1. The van der Waals surface area contributed by atoms with E-state index in [9.17, 15) is 4.79 Å². The van der Waals surface area contributed by atoms with Gasteiger partial charge in [-0.3, -0.25) is 9.78 Å². The van der Waals surface area contributed by atoms with Crippen LogP contribution in [0.5, 0.6) is 0 Å². The van der Waals surface area contributed by atoms with Gasteiger partial charge in [-0.15, -0.1) is 0 Å². The van der Waals surface area contributed by atoms with E-state index >= 15 is 0 Å². The van der Waals surface area contributed by atoms with Crippen LogP contribution in [0.2, 0.25) is 0 Å². The van der Waals surface area contributed by atoms with Gasteiger partial charge in [-0.05, 0) is 57.7 Å². The third-order valence-electron chi connectivity index (χ3n) is 5.07. The van der Waals surface area contributed by atoms with Crippen molar-refractivity contribution >= 4 is 17.3 Å². The van der Waals surface area contributed by atoms with E-state index in [1.165, 1.54) is 11.3 Å². The molecule has 0 saturated carbocycles. The van der Waals surface area contributed by atoms with Crippen LogP contribution in [0, 0.1) is 6.92 Å². The van der Waals surface area contributed by atoms with Crippen LogP contribution in [0.15, 0.2) is 42.7 Å². The summed E-state index contributed by atoms with van der Waals surface area (Å²) in [5, 5.41) is 2.99. The topological polar surface area (TPSA) is 51.7 Å². The number of hydrogen-bond acceptors (Lipinski definition) is 5. The molecule has 1 aliphatic heterocycles. The van der Waals surface area contributed by atoms with Crippen molar-refractivity contribution in [1.29, 1.82) is 0 Å². The van der Waals surface area contributed by atoms with Crippen molar-refractivity contribution in [1.82, 2.24) is 15.2 Å². The van der Waals surface area contributed by atoms with Gasteiger partial charge in [0.25, 0.3) is 5.91 Å². The second-order valence-electron chi connectivity index (χ2n) is 7.66. The summed E-state index contributed by atoms with van der Waals surface area (Å²) in [6.45, 7) is 7.53. The average Bonchev–Trinajstić information content (AvgIpc) is 2.71. The lowest BCUT2D eigenvalue weighted by Crippen LogP contribution is -2.46. The second-order valence-corrected chi connectivity index (χ2v) is 7.66. The number of carbonyl (C=O) groups is 1. The maximum atomic E-state index is 12.4. The molecule has 0 spiro atoms. The fraction of sp³-hybridized carbons (Fsp3) is 0.455. The van der Waals surface area contributed by atoms with Crippen molar-refractivity contribution in [3.8, 4) is 0 Å². The molecule has 0 radical (unpaired) electrons. The summed E-state index contributed by atoms with van der Waals surface area (Å²) in [5.41, 5.74) is 4.21. The highest BCUT2D eigenvalue weighted by Gasteiger charge is 2.19. The highest BCUT2D eigenvalue weighted by molar-refractivity contribution is 5.94. The maximum absolute atomic E-state index is 12.4. The van der Waals surface area contributed by atoms with Gasteiger partial charge in [0.05, 0.1) is 17.4 Å². The number of hydrogen-bond donors (Lipinski definition) is 1. The van der Waals surface area contributed by atoms with E-state index in [1.54, 1.807) is 6.20 Å². The lowest BCUT2D eigenvalue weighted by Gasteiger charge is -2.37. The van der Waals surface area contributed by atoms with Crippen molar-refractivity contribution in [2.24, 2.45) is 0 Å². The summed E-state index contributed by atoms with van der Waals surface area (Å²) in [5.74, 6) is -0.0495. The predicted octanol–water partition coefficient (Wildman–Crippen LogP) is 2.40. The zero-order valence-corrected chi connectivity index (χ0v) is 17.2. The number of rotatable bonds is 7. The van der Waals surface area contributed by atoms with Crippen molar-refractivity contribution in [2.75, 3.05) is 63.2 Å². The van der Waals surface area contributed by atoms with E-state index in [1.807, 2.05) is 26.4 Å². The molecule has 150 valence electrons. The number of aryl methyl sites for hydroxylation is 1. The zero-order valence-electron chi connectivity index (χ0n) is 17.2. The number of nitrogens with one attached hydrogen (secondary N) is 1. The first-order valence-corrected chi connectivity index (χ1v) is 9.97. The van der Waals surface area contributed by atoms with Crippen molar-refractivity contribution in [3.63, 3.8) is 0 Å². The lowest BCUT2D eigenvalue weighted by atomic mass is 10.1. The number of piperazine rings is 1. The van der Waals surface area contributed by atoms with Gasteiger partial charge in [-0.2, -0.15) is 0 Å². The third-order valence-corrected chi connectivity index (χ3v) is 5.07. The Kier molecular flexibility index (Phi) is 6.87. The summed E-state index contributed by atoms with van der Waals surface area (Å²) in [6.07, 6.45) is 4.44. The molecule has 6 nitrogen and oxygen atoms in total. The first-order valence-electron chi connectivity index (χ1n) is 9.97. The molecule has 1 amide bonds. The Morgan fingerprint density at radius 3 is 2.46 bits per heavy atom. The van der Waals surface area contributed by atoms with Gasteiger partial charge < -0.3 is 20.0 Å². The highest BCUT2D eigenvalue weighted by atomic mass is 16.1. The van der Waals surface area contributed by atoms with Crippen LogP contribution in [0.4, 0.5) is 11.4 Å². The monoisotopic (exact) mass is 381 g/mol. The van der Waals surface area contributed by atoms with Crippen LogP contribution in [0.3, 0.4) is 0 Å². The summed E-state index contributed by atoms with van der Waals surface area (Å²) in [7, 11) is 4.07. The molecule has 0 unspecified atom stereocenters. The normalized spacial score (nSPS) is 14.4. The predicted molar refractivity (Wildman–Crippen MR) is 115 cm³/mol. The zero-order chi connectivity index (χ0) is 19.9. The van der Waals surface area contributed by atoms with Gasteiger partial charge in [0.1, 0.15) is 0 Å². The van der Waals surface area contributed by atoms with Crippen LogP contribution in [0.1, 0.15) is 22.3 Å². The van der Waals surface area contributed by atoms with Crippen LogP contribution in [-0.2, 0) is 0 Å². The Labute approximate surface area is 168 Å². The summed E-state index contributed by atoms with van der Waals surface area (Å²) < 4.78 is 0. The number of carbonyl (C=O) groups excluding carboxylic acids is 1. The van der Waals surface area contributed by atoms with Crippen LogP contribution >= 0.6 is 0 Å². The number of aromatic nitrogens is 1. The molecule has 1 aliphatic rings. The molecule has 1 saturated heterocycles. The minimum atomic E-state index is -0.0495. The number of amides is 1. The lowest BCUT2D eigenvalue weighted by molar-refractivity contribution is 0.0952. The molecule has 2 aromatic rings. The standard InChI is InChI=1S/C22H31N5O/c1-18-6-4-7-20(14-18)26-10-12-27(13-11-26)21-15-19(16-23-17-21)22(28)24-8-5-9-25(2)3/h4,6-7,14-17H,5,8-13H2,1-3H3,(H,24,28). The number of pyridine rings is 1. The minimum absolute atomic E-state index is 0.0495. The molecular weight excluding hydrogens is 350 g/mol. The molecule has 2 heterocycles. The quantitative estimate of drug-likeness (QED) is 0.747. The van der Waals surface area contributed by atoms with Crippen molar-refractivity contribution in [2.45, 2.75) is 13.3 Å². The molecule has 0 bridgehead atoms. The fourth-order valence-electron chi connectivity index (χ4n) is 3.47. The van der Waals surface area contributed by atoms with Gasteiger partial charge in [0.2, 0.25) is 0 Å². The second kappa shape index (κ2) is 9.55. The largest absolute Gasteiger partial charge is 0.368 e. The average molecular weight is 382 g/mol. The number of nitrogens with zero attached hydrogens (tertiary/aromatic N) is 4. The first kappa shape index (κ1) is 20.1. The van der Waals surface area contributed by atoms with Crippen LogP contribution in [-0.4, -0.2) is 69.2 Å². The van der Waals surface area contributed by atoms with E-state index in [4.69, 9.17) is 0 Å². The Bertz CT molecular complexity index is 784. The molecule has 1 aromatic carbocycles. The fourth-order valence-corrected chi connectivity index (χ4v) is 3.47. The van der Waals surface area contributed by atoms with Gasteiger partial charge in [-0.1, -0.05) is 12.1 Å². The van der Waals surface area contributed by atoms with E-state index < -0.39 is 0 Å². The van der Waals surface area contributed by atoms with Crippen molar-refractivity contribution in [3.05, 3.63) is 53.9 Å². The number of anilines is 2. The Morgan fingerprint density at radius 2 is 1.79 bits per heavy atom. The molecule has 28 heavy (non-hydrogen) atoms. The molecular formula is C22H31N5O. The number of benzene rings is 1. The van der Waals surface area contributed by atoms with Crippen LogP contribution in [0.25, 0.3) is 0 Å². The van der Waals surface area contributed by atoms with Gasteiger partial charge in [-0.25, -0.2) is 0 Å². The first-order chi connectivity index (χ1) is 13.5. The van der Waals surface area contributed by atoms with Gasteiger partial charge in [0.15, 0.2) is 0 Å². The molecule has 1 N–H and O–H groups in total. The van der Waals surface area contributed by atoms with Gasteiger partial charge >= 0.3 is 0 Å². The minimum Gasteiger partial charge on any atom is -0.368 e. The Hall–Kier alpha value is -2.60. The molecule has 0 atom stereocenters. The molecule has 6 heteroatoms. The molecule has 1 fully saturated rings.